The third kappa shape index (κ3) is 10.0. The minimum atomic E-state index is -1.17. The Morgan fingerprint density at radius 3 is 1.94 bits per heavy atom. The Hall–Kier alpha value is -3.47. The second-order valence-corrected chi connectivity index (χ2v) is 9.23. The van der Waals surface area contributed by atoms with E-state index in [1.165, 1.54) is 0 Å². The maximum Gasteiger partial charge on any atom is 0.326 e. The van der Waals surface area contributed by atoms with Crippen LogP contribution in [0.5, 0.6) is 0 Å². The van der Waals surface area contributed by atoms with Crippen LogP contribution in [0, 0.1) is 11.8 Å². The number of hydrogen-bond acceptors (Lipinski definition) is 6. The van der Waals surface area contributed by atoms with E-state index in [9.17, 15) is 29.1 Å². The van der Waals surface area contributed by atoms with E-state index in [-0.39, 0.29) is 31.1 Å². The van der Waals surface area contributed by atoms with Gasteiger partial charge in [0.05, 0.1) is 6.04 Å². The molecule has 3 amide bonds. The maximum atomic E-state index is 13.2. The van der Waals surface area contributed by atoms with Gasteiger partial charge in [0.1, 0.15) is 18.1 Å². The molecule has 0 aliphatic heterocycles. The number of carboxylic acid groups (broad SMARTS) is 2. The Labute approximate surface area is 211 Å². The van der Waals surface area contributed by atoms with Crippen LogP contribution >= 0.6 is 0 Å². The lowest BCUT2D eigenvalue weighted by atomic mass is 9.97. The summed E-state index contributed by atoms with van der Waals surface area (Å²) in [6.07, 6.45) is 0.217. The number of nitrogens with two attached hydrogens (primary N) is 1. The third-order valence-corrected chi connectivity index (χ3v) is 5.95. The average molecular weight is 507 g/mol. The minimum Gasteiger partial charge on any atom is -0.481 e. The SMILES string of the molecule is CCC(C)C(NC(=O)C(NC(=O)C(Cc1ccccc1)NC(=O)C(N)CCC(=O)O)C(C)C)C(=O)O. The summed E-state index contributed by atoms with van der Waals surface area (Å²) in [6, 6.07) is 4.48. The summed E-state index contributed by atoms with van der Waals surface area (Å²) in [4.78, 5) is 61.2. The van der Waals surface area contributed by atoms with Gasteiger partial charge in [-0.3, -0.25) is 19.2 Å². The zero-order chi connectivity index (χ0) is 27.4. The highest BCUT2D eigenvalue weighted by atomic mass is 16.4. The second kappa shape index (κ2) is 14.8. The monoisotopic (exact) mass is 506 g/mol. The number of carbonyl (C=O) groups is 5. The highest BCUT2D eigenvalue weighted by molar-refractivity contribution is 5.94. The Morgan fingerprint density at radius 1 is 0.861 bits per heavy atom. The third-order valence-electron chi connectivity index (χ3n) is 5.95. The molecule has 0 heterocycles. The van der Waals surface area contributed by atoms with Crippen molar-refractivity contribution in [1.82, 2.24) is 16.0 Å². The Balaban J connectivity index is 3.07. The van der Waals surface area contributed by atoms with Crippen LogP contribution < -0.4 is 21.7 Å². The number of amides is 3. The fraction of sp³-hybridized carbons (Fsp3) is 0.560. The number of rotatable bonds is 15. The number of hydrogen-bond donors (Lipinski definition) is 6. The van der Waals surface area contributed by atoms with E-state index < -0.39 is 53.8 Å². The van der Waals surface area contributed by atoms with E-state index in [0.717, 1.165) is 5.56 Å². The van der Waals surface area contributed by atoms with Gasteiger partial charge in [0.2, 0.25) is 17.7 Å². The largest absolute Gasteiger partial charge is 0.481 e. The van der Waals surface area contributed by atoms with E-state index in [0.29, 0.717) is 6.42 Å². The van der Waals surface area contributed by atoms with Crippen molar-refractivity contribution in [3.63, 3.8) is 0 Å². The second-order valence-electron chi connectivity index (χ2n) is 9.23. The zero-order valence-electron chi connectivity index (χ0n) is 21.2. The predicted molar refractivity (Wildman–Crippen MR) is 133 cm³/mol. The summed E-state index contributed by atoms with van der Waals surface area (Å²) in [5.74, 6) is -4.97. The molecule has 5 unspecified atom stereocenters. The number of carboxylic acids is 2. The van der Waals surface area contributed by atoms with Gasteiger partial charge < -0.3 is 31.9 Å². The van der Waals surface area contributed by atoms with Crippen LogP contribution in [-0.4, -0.2) is 64.0 Å². The Kier molecular flexibility index (Phi) is 12.6. The van der Waals surface area contributed by atoms with Crippen LogP contribution in [0.15, 0.2) is 30.3 Å². The van der Waals surface area contributed by atoms with Crippen molar-refractivity contribution in [3.05, 3.63) is 35.9 Å². The van der Waals surface area contributed by atoms with Crippen LogP contribution in [0.25, 0.3) is 0 Å². The zero-order valence-corrected chi connectivity index (χ0v) is 21.2. The van der Waals surface area contributed by atoms with E-state index >= 15 is 0 Å². The van der Waals surface area contributed by atoms with Crippen molar-refractivity contribution in [2.75, 3.05) is 0 Å². The molecule has 36 heavy (non-hydrogen) atoms. The Morgan fingerprint density at radius 2 is 1.44 bits per heavy atom. The summed E-state index contributed by atoms with van der Waals surface area (Å²) in [7, 11) is 0. The summed E-state index contributed by atoms with van der Waals surface area (Å²) in [5, 5.41) is 26.1. The molecular formula is C25H38N4O7. The summed E-state index contributed by atoms with van der Waals surface area (Å²) < 4.78 is 0. The molecule has 1 aromatic carbocycles. The standard InChI is InChI=1S/C25H38N4O7/c1-5-15(4)21(25(35)36)29-24(34)20(14(2)3)28-23(33)18(13-16-9-7-6-8-10-16)27-22(32)17(26)11-12-19(30)31/h6-10,14-15,17-18,20-21H,5,11-13,26H2,1-4H3,(H,27,32)(H,28,33)(H,29,34)(H,30,31)(H,35,36). The van der Waals surface area contributed by atoms with Gasteiger partial charge in [0.15, 0.2) is 0 Å². The number of aliphatic carboxylic acids is 2. The van der Waals surface area contributed by atoms with Crippen LogP contribution in [-0.2, 0) is 30.4 Å². The normalized spacial score (nSPS) is 15.2. The van der Waals surface area contributed by atoms with E-state index in [1.807, 2.05) is 6.92 Å². The average Bonchev–Trinajstić information content (AvgIpc) is 2.83. The van der Waals surface area contributed by atoms with Gasteiger partial charge in [-0.2, -0.15) is 0 Å². The topological polar surface area (TPSA) is 188 Å². The number of carbonyl (C=O) groups excluding carboxylic acids is 3. The smallest absolute Gasteiger partial charge is 0.326 e. The van der Waals surface area contributed by atoms with Gasteiger partial charge in [-0.25, -0.2) is 4.79 Å². The molecule has 11 nitrogen and oxygen atoms in total. The van der Waals surface area contributed by atoms with Crippen molar-refractivity contribution in [2.24, 2.45) is 17.6 Å². The van der Waals surface area contributed by atoms with Gasteiger partial charge in [-0.05, 0) is 23.8 Å². The van der Waals surface area contributed by atoms with Gasteiger partial charge in [0.25, 0.3) is 0 Å². The molecule has 0 saturated carbocycles. The molecule has 0 fully saturated rings. The molecule has 0 aliphatic rings. The molecule has 11 heteroatoms. The molecule has 0 radical (unpaired) electrons. The Bertz CT molecular complexity index is 907. The molecule has 1 rings (SSSR count). The molecule has 5 atom stereocenters. The predicted octanol–water partition coefficient (Wildman–Crippen LogP) is 0.662. The van der Waals surface area contributed by atoms with Crippen molar-refractivity contribution < 1.29 is 34.2 Å². The first-order valence-corrected chi connectivity index (χ1v) is 12.0. The van der Waals surface area contributed by atoms with E-state index in [4.69, 9.17) is 10.8 Å². The quantitative estimate of drug-likeness (QED) is 0.200. The fourth-order valence-electron chi connectivity index (χ4n) is 3.46. The minimum absolute atomic E-state index is 0.0983. The highest BCUT2D eigenvalue weighted by Gasteiger charge is 2.33. The summed E-state index contributed by atoms with van der Waals surface area (Å²) >= 11 is 0. The van der Waals surface area contributed by atoms with Crippen molar-refractivity contribution in [1.29, 1.82) is 0 Å². The van der Waals surface area contributed by atoms with Gasteiger partial charge in [-0.15, -0.1) is 0 Å². The molecule has 0 aromatic heterocycles. The first-order valence-electron chi connectivity index (χ1n) is 12.0. The lowest BCUT2D eigenvalue weighted by Crippen LogP contribution is -2.59. The lowest BCUT2D eigenvalue weighted by Gasteiger charge is -2.28. The number of nitrogens with one attached hydrogen (secondary N) is 3. The van der Waals surface area contributed by atoms with Gasteiger partial charge in [-0.1, -0.05) is 64.4 Å². The van der Waals surface area contributed by atoms with Crippen LogP contribution in [0.1, 0.15) is 52.5 Å². The number of benzene rings is 1. The summed E-state index contributed by atoms with van der Waals surface area (Å²) in [5.41, 5.74) is 6.54. The van der Waals surface area contributed by atoms with Crippen molar-refractivity contribution in [2.45, 2.75) is 77.5 Å². The molecule has 0 aliphatic carbocycles. The molecule has 0 spiro atoms. The molecular weight excluding hydrogens is 468 g/mol. The van der Waals surface area contributed by atoms with Crippen LogP contribution in [0.3, 0.4) is 0 Å². The van der Waals surface area contributed by atoms with Crippen LogP contribution in [0.2, 0.25) is 0 Å². The molecule has 200 valence electrons. The van der Waals surface area contributed by atoms with Gasteiger partial charge in [0, 0.05) is 12.8 Å². The van der Waals surface area contributed by atoms with E-state index in [1.54, 1.807) is 51.1 Å². The lowest BCUT2D eigenvalue weighted by molar-refractivity contribution is -0.144. The molecule has 1 aromatic rings. The van der Waals surface area contributed by atoms with E-state index in [2.05, 4.69) is 16.0 Å². The summed E-state index contributed by atoms with van der Waals surface area (Å²) in [6.45, 7) is 6.93. The first-order chi connectivity index (χ1) is 16.9. The van der Waals surface area contributed by atoms with Crippen molar-refractivity contribution in [3.8, 4) is 0 Å². The molecule has 0 saturated heterocycles. The maximum absolute atomic E-state index is 13.2. The molecule has 0 bridgehead atoms. The first kappa shape index (κ1) is 30.6. The van der Waals surface area contributed by atoms with Crippen LogP contribution in [0.4, 0.5) is 0 Å². The van der Waals surface area contributed by atoms with Crippen molar-refractivity contribution >= 4 is 29.7 Å². The highest BCUT2D eigenvalue weighted by Crippen LogP contribution is 2.11. The van der Waals surface area contributed by atoms with Gasteiger partial charge >= 0.3 is 11.9 Å². The molecule has 7 N–H and O–H groups in total. The fourth-order valence-corrected chi connectivity index (χ4v) is 3.46.